The zero-order valence-corrected chi connectivity index (χ0v) is 18.3. The van der Waals surface area contributed by atoms with Gasteiger partial charge in [0.25, 0.3) is 0 Å². The van der Waals surface area contributed by atoms with Crippen LogP contribution >= 0.6 is 0 Å². The van der Waals surface area contributed by atoms with Crippen molar-refractivity contribution in [3.05, 3.63) is 45.9 Å². The van der Waals surface area contributed by atoms with Crippen molar-refractivity contribution in [2.24, 2.45) is 0 Å². The predicted octanol–water partition coefficient (Wildman–Crippen LogP) is 1.67. The van der Waals surface area contributed by atoms with Crippen LogP contribution < -0.4 is 10.4 Å². The van der Waals surface area contributed by atoms with Gasteiger partial charge in [-0.3, -0.25) is 4.57 Å². The molecule has 0 spiro atoms. The number of nitrogens with zero attached hydrogens (tertiary/aromatic N) is 2. The highest BCUT2D eigenvalue weighted by atomic mass is 16.6. The molecule has 8 nitrogen and oxygen atoms in total. The molecule has 0 amide bonds. The van der Waals surface area contributed by atoms with Gasteiger partial charge in [-0.15, -0.1) is 0 Å². The van der Waals surface area contributed by atoms with Crippen molar-refractivity contribution >= 4 is 0 Å². The number of hydrogen-bond acceptors (Lipinski definition) is 7. The molecule has 0 N–H and O–H groups in total. The Hall–Kier alpha value is -2.70. The van der Waals surface area contributed by atoms with Gasteiger partial charge in [-0.05, 0) is 31.0 Å². The maximum atomic E-state index is 12.6. The molecular formula is C24H28N2O6. The third-order valence-electron chi connectivity index (χ3n) is 5.26. The van der Waals surface area contributed by atoms with Crippen LogP contribution in [0.25, 0.3) is 11.3 Å². The van der Waals surface area contributed by atoms with Crippen LogP contribution in [0.1, 0.15) is 18.1 Å². The highest BCUT2D eigenvalue weighted by molar-refractivity contribution is 5.67. The molecule has 0 bridgehead atoms. The van der Waals surface area contributed by atoms with E-state index >= 15 is 0 Å². The van der Waals surface area contributed by atoms with Gasteiger partial charge in [0.1, 0.15) is 19.3 Å². The van der Waals surface area contributed by atoms with E-state index in [1.165, 1.54) is 0 Å². The van der Waals surface area contributed by atoms with Crippen molar-refractivity contribution in [3.8, 4) is 29.0 Å². The zero-order valence-electron chi connectivity index (χ0n) is 18.3. The van der Waals surface area contributed by atoms with Crippen LogP contribution in [0.15, 0.2) is 29.1 Å². The SMILES string of the molecule is CCOCCOCC#Cc1ccc2c(c1)CCn1c-2cc(OC[C@@H]2COCCO2)nc1=O. The average Bonchev–Trinajstić information content (AvgIpc) is 2.82. The Morgan fingerprint density at radius 2 is 2.12 bits per heavy atom. The van der Waals surface area contributed by atoms with Crippen molar-refractivity contribution in [2.75, 3.05) is 52.9 Å². The lowest BCUT2D eigenvalue weighted by Crippen LogP contribution is -2.34. The van der Waals surface area contributed by atoms with E-state index in [1.54, 1.807) is 4.57 Å². The Kier molecular flexibility index (Phi) is 7.91. The van der Waals surface area contributed by atoms with Crippen LogP contribution in [0, 0.1) is 11.8 Å². The van der Waals surface area contributed by atoms with Gasteiger partial charge in [-0.25, -0.2) is 4.79 Å². The third kappa shape index (κ3) is 5.75. The summed E-state index contributed by atoms with van der Waals surface area (Å²) in [6.45, 7) is 6.62. The fourth-order valence-electron chi connectivity index (χ4n) is 3.69. The highest BCUT2D eigenvalue weighted by Gasteiger charge is 2.20. The third-order valence-corrected chi connectivity index (χ3v) is 5.26. The van der Waals surface area contributed by atoms with Gasteiger partial charge in [-0.1, -0.05) is 17.9 Å². The summed E-state index contributed by atoms with van der Waals surface area (Å²) in [5.74, 6) is 6.48. The van der Waals surface area contributed by atoms with Crippen molar-refractivity contribution < 1.29 is 23.7 Å². The fraction of sp³-hybridized carbons (Fsp3) is 0.500. The largest absolute Gasteiger partial charge is 0.475 e. The summed E-state index contributed by atoms with van der Waals surface area (Å²) < 4.78 is 29.1. The van der Waals surface area contributed by atoms with Crippen LogP contribution in [0.2, 0.25) is 0 Å². The molecule has 0 saturated carbocycles. The van der Waals surface area contributed by atoms with Crippen molar-refractivity contribution in [2.45, 2.75) is 26.0 Å². The Morgan fingerprint density at radius 3 is 2.97 bits per heavy atom. The average molecular weight is 440 g/mol. The molecule has 0 unspecified atom stereocenters. The molecule has 8 heteroatoms. The monoisotopic (exact) mass is 440 g/mol. The molecule has 4 rings (SSSR count). The molecule has 1 fully saturated rings. The van der Waals surface area contributed by atoms with E-state index in [0.717, 1.165) is 28.8 Å². The quantitative estimate of drug-likeness (QED) is 0.456. The van der Waals surface area contributed by atoms with Crippen LogP contribution in [0.4, 0.5) is 0 Å². The topological polar surface area (TPSA) is 81.0 Å². The van der Waals surface area contributed by atoms with Crippen molar-refractivity contribution in [1.29, 1.82) is 0 Å². The molecule has 1 aromatic heterocycles. The molecule has 32 heavy (non-hydrogen) atoms. The van der Waals surface area contributed by atoms with Crippen LogP contribution in [-0.2, 0) is 31.9 Å². The summed E-state index contributed by atoms with van der Waals surface area (Å²) in [6, 6.07) is 7.85. The number of ether oxygens (including phenoxy) is 5. The second kappa shape index (κ2) is 11.2. The first-order valence-corrected chi connectivity index (χ1v) is 11.0. The van der Waals surface area contributed by atoms with E-state index in [-0.39, 0.29) is 11.8 Å². The molecule has 1 atom stereocenters. The number of rotatable bonds is 8. The molecule has 2 aromatic rings. The molecular weight excluding hydrogens is 412 g/mol. The van der Waals surface area contributed by atoms with E-state index in [1.807, 2.05) is 25.1 Å². The normalized spacial score (nSPS) is 17.1. The second-order valence-electron chi connectivity index (χ2n) is 7.47. The summed E-state index contributed by atoms with van der Waals surface area (Å²) in [5, 5.41) is 0. The lowest BCUT2D eigenvalue weighted by atomic mass is 9.95. The lowest BCUT2D eigenvalue weighted by Gasteiger charge is -2.24. The second-order valence-corrected chi connectivity index (χ2v) is 7.47. The summed E-state index contributed by atoms with van der Waals surface area (Å²) in [5.41, 5.74) is 3.57. The summed E-state index contributed by atoms with van der Waals surface area (Å²) in [7, 11) is 0. The molecule has 1 saturated heterocycles. The smallest absolute Gasteiger partial charge is 0.351 e. The molecule has 2 aliphatic rings. The van der Waals surface area contributed by atoms with Crippen LogP contribution in [-0.4, -0.2) is 68.5 Å². The van der Waals surface area contributed by atoms with Gasteiger partial charge < -0.3 is 23.7 Å². The Balaban J connectivity index is 1.44. The Morgan fingerprint density at radius 1 is 1.22 bits per heavy atom. The van der Waals surface area contributed by atoms with E-state index < -0.39 is 0 Å². The van der Waals surface area contributed by atoms with Gasteiger partial charge in [0.2, 0.25) is 5.88 Å². The zero-order chi connectivity index (χ0) is 22.2. The lowest BCUT2D eigenvalue weighted by molar-refractivity contribution is -0.102. The Labute approximate surface area is 187 Å². The molecule has 0 radical (unpaired) electrons. The first-order chi connectivity index (χ1) is 15.7. The molecule has 0 aliphatic carbocycles. The summed E-state index contributed by atoms with van der Waals surface area (Å²) in [6.07, 6.45) is 0.596. The minimum atomic E-state index is -0.308. The predicted molar refractivity (Wildman–Crippen MR) is 118 cm³/mol. The van der Waals surface area contributed by atoms with E-state index in [2.05, 4.69) is 22.9 Å². The van der Waals surface area contributed by atoms with Gasteiger partial charge in [-0.2, -0.15) is 4.98 Å². The first-order valence-electron chi connectivity index (χ1n) is 11.0. The maximum absolute atomic E-state index is 12.6. The van der Waals surface area contributed by atoms with Crippen molar-refractivity contribution in [1.82, 2.24) is 9.55 Å². The minimum Gasteiger partial charge on any atom is -0.475 e. The Bertz CT molecular complexity index is 1030. The van der Waals surface area contributed by atoms with E-state index in [4.69, 9.17) is 23.7 Å². The van der Waals surface area contributed by atoms with E-state index in [9.17, 15) is 4.79 Å². The standard InChI is InChI=1S/C24H28N2O6/c1-2-28-10-11-29-9-3-4-18-5-6-21-19(14-18)7-8-26-22(21)15-23(25-24(26)27)32-17-20-16-30-12-13-31-20/h5-6,14-15,20H,2,7-13,16-17H2,1H3/t20-/m0/s1. The maximum Gasteiger partial charge on any atom is 0.351 e. The summed E-state index contributed by atoms with van der Waals surface area (Å²) >= 11 is 0. The number of aryl methyl sites for hydroxylation is 1. The van der Waals surface area contributed by atoms with Crippen LogP contribution in [0.3, 0.4) is 0 Å². The molecule has 170 valence electrons. The molecule has 3 heterocycles. The van der Waals surface area contributed by atoms with Gasteiger partial charge >= 0.3 is 5.69 Å². The van der Waals surface area contributed by atoms with Crippen LogP contribution in [0.5, 0.6) is 5.88 Å². The van der Waals surface area contributed by atoms with E-state index in [0.29, 0.717) is 65.3 Å². The number of aromatic nitrogens is 2. The number of benzene rings is 1. The summed E-state index contributed by atoms with van der Waals surface area (Å²) in [4.78, 5) is 16.6. The minimum absolute atomic E-state index is 0.152. The molecule has 1 aromatic carbocycles. The highest BCUT2D eigenvalue weighted by Crippen LogP contribution is 2.30. The fourth-order valence-corrected chi connectivity index (χ4v) is 3.69. The van der Waals surface area contributed by atoms with Gasteiger partial charge in [0, 0.05) is 30.3 Å². The van der Waals surface area contributed by atoms with Gasteiger partial charge in [0.15, 0.2) is 0 Å². The number of fused-ring (bicyclic) bond motifs is 3. The molecule has 2 aliphatic heterocycles. The first kappa shape index (κ1) is 22.5. The van der Waals surface area contributed by atoms with Gasteiger partial charge in [0.05, 0.1) is 38.7 Å². The number of hydrogen-bond donors (Lipinski definition) is 0. The van der Waals surface area contributed by atoms with Crippen molar-refractivity contribution in [3.63, 3.8) is 0 Å².